The molecule has 148 valence electrons. The maximum absolute atomic E-state index is 11.7. The molecule has 0 N–H and O–H groups in total. The van der Waals surface area contributed by atoms with E-state index < -0.39 is 0 Å². The van der Waals surface area contributed by atoms with E-state index in [-0.39, 0.29) is 0 Å². The molecule has 0 bridgehead atoms. The Morgan fingerprint density at radius 1 is 1.08 bits per heavy atom. The third-order valence-electron chi connectivity index (χ3n) is 7.47. The summed E-state index contributed by atoms with van der Waals surface area (Å²) in [6.07, 6.45) is 13.6. The highest BCUT2D eigenvalue weighted by Crippen LogP contribution is 2.63. The van der Waals surface area contributed by atoms with E-state index in [4.69, 9.17) is 0 Å². The highest BCUT2D eigenvalue weighted by atomic mass is 35.5. The molecular weight excluding hydrogens is 359 g/mol. The summed E-state index contributed by atoms with van der Waals surface area (Å²) in [5.41, 5.74) is 3.82. The number of rotatable bonds is 1. The van der Waals surface area contributed by atoms with Gasteiger partial charge in [0.05, 0.1) is 0 Å². The number of hydrogen-bond donors (Lipinski definition) is 0. The molecule has 0 aromatic rings. The zero-order chi connectivity index (χ0) is 19.3. The summed E-state index contributed by atoms with van der Waals surface area (Å²) in [6.45, 7) is 8.88. The van der Waals surface area contributed by atoms with E-state index in [9.17, 15) is 4.79 Å². The fraction of sp³-hybridized carbons (Fsp3) is 0.783. The highest BCUT2D eigenvalue weighted by Gasteiger charge is 2.54. The van der Waals surface area contributed by atoms with Crippen molar-refractivity contribution in [2.45, 2.75) is 72.1 Å². The van der Waals surface area contributed by atoms with E-state index in [1.807, 2.05) is 19.9 Å². The van der Waals surface area contributed by atoms with E-state index in [0.717, 1.165) is 45.1 Å². The zero-order valence-electron chi connectivity index (χ0n) is 17.4. The third kappa shape index (κ3) is 4.00. The number of halogens is 1. The van der Waals surface area contributed by atoms with E-state index >= 15 is 0 Å². The van der Waals surface area contributed by atoms with Gasteiger partial charge in [0.1, 0.15) is 0 Å². The molecule has 4 aliphatic carbocycles. The highest BCUT2D eigenvalue weighted by molar-refractivity contribution is 7.40. The number of fused-ring (bicyclic) bond motifs is 5. The van der Waals surface area contributed by atoms with E-state index in [1.165, 1.54) is 50.5 Å². The van der Waals surface area contributed by atoms with Crippen molar-refractivity contribution in [3.63, 3.8) is 0 Å². The molecule has 0 spiro atoms. The van der Waals surface area contributed by atoms with Crippen LogP contribution in [-0.4, -0.2) is 18.8 Å². The summed E-state index contributed by atoms with van der Waals surface area (Å²) >= 11 is 4.64. The Kier molecular flexibility index (Phi) is 8.42. The molecule has 0 heterocycles. The van der Waals surface area contributed by atoms with Gasteiger partial charge >= 0.3 is 0 Å². The molecule has 0 radical (unpaired) electrons. The summed E-state index contributed by atoms with van der Waals surface area (Å²) < 4.78 is 0. The average Bonchev–Trinajstić information content (AvgIpc) is 3.01. The summed E-state index contributed by atoms with van der Waals surface area (Å²) in [6, 6.07) is 0. The molecule has 6 atom stereocenters. The Morgan fingerprint density at radius 2 is 1.81 bits per heavy atom. The first-order chi connectivity index (χ1) is 12.6. The van der Waals surface area contributed by atoms with Crippen molar-refractivity contribution in [3.05, 3.63) is 23.0 Å². The predicted octanol–water partition coefficient (Wildman–Crippen LogP) is 7.20. The first-order valence-corrected chi connectivity index (χ1v) is 12.9. The van der Waals surface area contributed by atoms with Gasteiger partial charge < -0.3 is 0 Å². The van der Waals surface area contributed by atoms with E-state index in [1.54, 1.807) is 5.57 Å². The van der Waals surface area contributed by atoms with Crippen LogP contribution in [0.5, 0.6) is 0 Å². The molecule has 0 aromatic carbocycles. The van der Waals surface area contributed by atoms with Crippen molar-refractivity contribution in [2.24, 2.45) is 29.1 Å². The van der Waals surface area contributed by atoms with Gasteiger partial charge in [0.25, 0.3) is 0 Å². The minimum atomic E-state index is 0.389. The first kappa shape index (κ1) is 22.2. The third-order valence-corrected chi connectivity index (χ3v) is 8.10. The van der Waals surface area contributed by atoms with Gasteiger partial charge in [-0.25, -0.2) is 0 Å². The fourth-order valence-corrected chi connectivity index (χ4v) is 7.26. The van der Waals surface area contributed by atoms with E-state index in [2.05, 4.69) is 31.0 Å². The first-order valence-electron chi connectivity index (χ1n) is 10.6. The molecule has 3 heteroatoms. The molecule has 4 aliphatic rings. The second kappa shape index (κ2) is 9.88. The molecule has 3 saturated carbocycles. The molecule has 26 heavy (non-hydrogen) atoms. The number of carbonyl (C=O) groups is 1. The minimum absolute atomic E-state index is 0.389. The quantitative estimate of drug-likeness (QED) is 0.338. The number of alkyl halides is 1. The van der Waals surface area contributed by atoms with Crippen LogP contribution in [0, 0.1) is 29.1 Å². The van der Waals surface area contributed by atoms with Crippen molar-refractivity contribution in [1.82, 2.24) is 0 Å². The summed E-state index contributed by atoms with van der Waals surface area (Å²) in [4.78, 5) is 11.7. The molecule has 0 saturated heterocycles. The van der Waals surface area contributed by atoms with Gasteiger partial charge in [0.2, 0.25) is 0 Å². The Bertz CT molecular complexity index is 552. The van der Waals surface area contributed by atoms with Crippen LogP contribution in [0.1, 0.15) is 72.1 Å². The summed E-state index contributed by atoms with van der Waals surface area (Å²) in [5, 5.41) is 0. The second-order valence-electron chi connectivity index (χ2n) is 8.26. The molecule has 0 aromatic heterocycles. The standard InChI is InChI=1S/C20H29OP.C2H6.CH3Cl/c1-20-10-9-17-16-7-5-15(21)11-13(16)3-6-18(17)19(20)8-4-14(20)12-22-2;2*1-2/h11-12,16-19,22H,3-10H2,1-2H3;1-2H3;1H3/b14-12+;;. The normalized spacial score (nSPS) is 39.8. The lowest BCUT2D eigenvalue weighted by atomic mass is 9.52. The lowest BCUT2D eigenvalue weighted by Gasteiger charge is -2.53. The number of carbonyl (C=O) groups excluding carboxylic acids is 1. The van der Waals surface area contributed by atoms with Crippen LogP contribution in [0.4, 0.5) is 0 Å². The SMILES string of the molecule is CC.CCl.CP/C=C1\CCC2C3CCC4=CC(=O)CCC4C3CCC12C. The molecule has 3 fully saturated rings. The smallest absolute Gasteiger partial charge is 0.155 e. The van der Waals surface area contributed by atoms with Crippen LogP contribution in [0.3, 0.4) is 0 Å². The lowest BCUT2D eigenvalue weighted by Crippen LogP contribution is -2.45. The van der Waals surface area contributed by atoms with Crippen LogP contribution in [0.2, 0.25) is 0 Å². The monoisotopic (exact) mass is 396 g/mol. The largest absolute Gasteiger partial charge is 0.295 e. The maximum atomic E-state index is 11.7. The van der Waals surface area contributed by atoms with Crippen molar-refractivity contribution in [2.75, 3.05) is 13.0 Å². The van der Waals surface area contributed by atoms with Crippen molar-refractivity contribution < 1.29 is 4.79 Å². The zero-order valence-corrected chi connectivity index (χ0v) is 19.2. The molecule has 4 rings (SSSR count). The van der Waals surface area contributed by atoms with Crippen molar-refractivity contribution >= 4 is 26.0 Å². The fourth-order valence-electron chi connectivity index (χ4n) is 6.44. The number of allylic oxidation sites excluding steroid dienone is 2. The Balaban J connectivity index is 0.000000570. The van der Waals surface area contributed by atoms with Gasteiger partial charge in [-0.3, -0.25) is 4.79 Å². The summed E-state index contributed by atoms with van der Waals surface area (Å²) in [5.74, 6) is 6.44. The van der Waals surface area contributed by atoms with Crippen molar-refractivity contribution in [1.29, 1.82) is 0 Å². The second-order valence-corrected chi connectivity index (χ2v) is 9.12. The molecule has 1 nitrogen and oxygen atoms in total. The van der Waals surface area contributed by atoms with Crippen LogP contribution in [0.15, 0.2) is 23.0 Å². The number of ketones is 1. The Labute approximate surface area is 168 Å². The molecular formula is C23H38ClOP. The minimum Gasteiger partial charge on any atom is -0.295 e. The molecule has 6 unspecified atom stereocenters. The van der Waals surface area contributed by atoms with Gasteiger partial charge in [-0.1, -0.05) is 37.7 Å². The van der Waals surface area contributed by atoms with Gasteiger partial charge in [0, 0.05) is 12.8 Å². The Hall–Kier alpha value is -0.130. The van der Waals surface area contributed by atoms with Crippen LogP contribution in [-0.2, 0) is 4.79 Å². The Morgan fingerprint density at radius 3 is 2.50 bits per heavy atom. The summed E-state index contributed by atoms with van der Waals surface area (Å²) in [7, 11) is 0.966. The topological polar surface area (TPSA) is 17.1 Å². The van der Waals surface area contributed by atoms with Crippen LogP contribution < -0.4 is 0 Å². The number of hydrogen-bond acceptors (Lipinski definition) is 1. The van der Waals surface area contributed by atoms with Gasteiger partial charge in [-0.05, 0) is 86.8 Å². The molecule has 0 aliphatic heterocycles. The predicted molar refractivity (Wildman–Crippen MR) is 118 cm³/mol. The molecule has 0 amide bonds. The van der Waals surface area contributed by atoms with Gasteiger partial charge in [-0.15, -0.1) is 20.2 Å². The van der Waals surface area contributed by atoms with E-state index in [0.29, 0.717) is 11.2 Å². The van der Waals surface area contributed by atoms with Crippen molar-refractivity contribution in [3.8, 4) is 0 Å². The average molecular weight is 397 g/mol. The van der Waals surface area contributed by atoms with Gasteiger partial charge in [-0.2, -0.15) is 0 Å². The van der Waals surface area contributed by atoms with Gasteiger partial charge in [0.15, 0.2) is 5.78 Å². The lowest BCUT2D eigenvalue weighted by molar-refractivity contribution is -0.115. The maximum Gasteiger partial charge on any atom is 0.155 e. The van der Waals surface area contributed by atoms with Crippen LogP contribution >= 0.6 is 20.2 Å². The van der Waals surface area contributed by atoms with Crippen LogP contribution in [0.25, 0.3) is 0 Å².